The molecule has 84 valence electrons. The van der Waals surface area contributed by atoms with Crippen molar-refractivity contribution < 1.29 is 0 Å². The van der Waals surface area contributed by atoms with Gasteiger partial charge in [0.25, 0.3) is 0 Å². The summed E-state index contributed by atoms with van der Waals surface area (Å²) in [5, 5.41) is 6.66. The van der Waals surface area contributed by atoms with E-state index >= 15 is 0 Å². The Morgan fingerprint density at radius 2 is 1.40 bits per heavy atom. The number of hydrogen-bond donors (Lipinski definition) is 3. The van der Waals surface area contributed by atoms with Crippen LogP contribution in [0.3, 0.4) is 0 Å². The Balaban J connectivity index is 2.66. The molecule has 0 aliphatic rings. The number of nitrogens with one attached hydrogen (secondary N) is 2. The van der Waals surface area contributed by atoms with Gasteiger partial charge in [-0.2, -0.15) is 0 Å². The molecule has 0 unspecified atom stereocenters. The van der Waals surface area contributed by atoms with Crippen LogP contribution in [0.15, 0.2) is 18.2 Å². The summed E-state index contributed by atoms with van der Waals surface area (Å²) < 4.78 is 0. The highest BCUT2D eigenvalue weighted by Gasteiger charge is 1.97. The van der Waals surface area contributed by atoms with Gasteiger partial charge in [-0.3, -0.25) is 0 Å². The minimum atomic E-state index is 0.801. The fourth-order valence-electron chi connectivity index (χ4n) is 1.39. The molecule has 0 aliphatic carbocycles. The Hall–Kier alpha value is -1.38. The number of rotatable bonds is 6. The summed E-state index contributed by atoms with van der Waals surface area (Å²) in [6, 6.07) is 6.03. The van der Waals surface area contributed by atoms with Crippen molar-refractivity contribution in [3.63, 3.8) is 0 Å². The van der Waals surface area contributed by atoms with Crippen LogP contribution in [-0.2, 0) is 0 Å². The second-order valence-corrected chi connectivity index (χ2v) is 3.70. The third-order valence-corrected chi connectivity index (χ3v) is 2.11. The molecule has 0 saturated heterocycles. The molecule has 0 aromatic heterocycles. The maximum absolute atomic E-state index is 5.82. The number of benzene rings is 1. The predicted molar refractivity (Wildman–Crippen MR) is 68.4 cm³/mol. The van der Waals surface area contributed by atoms with Gasteiger partial charge in [0.15, 0.2) is 0 Å². The first-order chi connectivity index (χ1) is 7.26. The molecule has 0 atom stereocenters. The Bertz CT molecular complexity index is 271. The number of anilines is 3. The van der Waals surface area contributed by atoms with E-state index in [-0.39, 0.29) is 0 Å². The average Bonchev–Trinajstić information content (AvgIpc) is 2.23. The Morgan fingerprint density at radius 3 is 1.80 bits per heavy atom. The van der Waals surface area contributed by atoms with Crippen molar-refractivity contribution in [2.24, 2.45) is 0 Å². The van der Waals surface area contributed by atoms with Crippen LogP contribution in [-0.4, -0.2) is 13.1 Å². The molecule has 4 N–H and O–H groups in total. The lowest BCUT2D eigenvalue weighted by Gasteiger charge is -2.10. The molecule has 0 fully saturated rings. The number of nitrogens with two attached hydrogens (primary N) is 1. The molecule has 1 aromatic carbocycles. The zero-order valence-corrected chi connectivity index (χ0v) is 9.64. The van der Waals surface area contributed by atoms with Crippen molar-refractivity contribution in [1.29, 1.82) is 0 Å². The molecule has 0 saturated carbocycles. The maximum Gasteiger partial charge on any atom is 0.0381 e. The fourth-order valence-corrected chi connectivity index (χ4v) is 1.39. The van der Waals surface area contributed by atoms with E-state index in [0.29, 0.717) is 0 Å². The van der Waals surface area contributed by atoms with Gasteiger partial charge in [0.05, 0.1) is 0 Å². The predicted octanol–water partition coefficient (Wildman–Crippen LogP) is 2.91. The van der Waals surface area contributed by atoms with Crippen LogP contribution in [0.25, 0.3) is 0 Å². The quantitative estimate of drug-likeness (QED) is 0.629. The van der Waals surface area contributed by atoms with Gasteiger partial charge in [-0.25, -0.2) is 0 Å². The molecule has 3 nitrogen and oxygen atoms in total. The molecule has 1 aromatic rings. The standard InChI is InChI=1S/C12H21N3/c1-3-5-14-11-7-10(13)8-12(9-11)15-6-4-2/h7-9,14-15H,3-6,13H2,1-2H3. The van der Waals surface area contributed by atoms with Crippen molar-refractivity contribution in [3.8, 4) is 0 Å². The van der Waals surface area contributed by atoms with E-state index < -0.39 is 0 Å². The van der Waals surface area contributed by atoms with Crippen LogP contribution in [0.1, 0.15) is 26.7 Å². The number of hydrogen-bond acceptors (Lipinski definition) is 3. The van der Waals surface area contributed by atoms with Gasteiger partial charge >= 0.3 is 0 Å². The van der Waals surface area contributed by atoms with Gasteiger partial charge in [0.2, 0.25) is 0 Å². The molecule has 0 bridgehead atoms. The van der Waals surface area contributed by atoms with Crippen molar-refractivity contribution in [1.82, 2.24) is 0 Å². The second kappa shape index (κ2) is 6.17. The summed E-state index contributed by atoms with van der Waals surface area (Å²) in [7, 11) is 0. The van der Waals surface area contributed by atoms with E-state index in [1.54, 1.807) is 0 Å². The molecule has 1 rings (SSSR count). The van der Waals surface area contributed by atoms with E-state index in [0.717, 1.165) is 43.0 Å². The topological polar surface area (TPSA) is 50.1 Å². The lowest BCUT2D eigenvalue weighted by atomic mass is 10.2. The normalized spacial score (nSPS) is 10.0. The molecule has 0 radical (unpaired) electrons. The Kier molecular flexibility index (Phi) is 4.81. The molecular weight excluding hydrogens is 186 g/mol. The van der Waals surface area contributed by atoms with Gasteiger partial charge in [0, 0.05) is 30.2 Å². The Labute approximate surface area is 92.1 Å². The fraction of sp³-hybridized carbons (Fsp3) is 0.500. The zero-order valence-electron chi connectivity index (χ0n) is 9.64. The highest BCUT2D eigenvalue weighted by Crippen LogP contribution is 2.20. The largest absolute Gasteiger partial charge is 0.399 e. The molecule has 3 heteroatoms. The summed E-state index contributed by atoms with van der Waals surface area (Å²) >= 11 is 0. The third-order valence-electron chi connectivity index (χ3n) is 2.11. The van der Waals surface area contributed by atoms with Gasteiger partial charge in [-0.05, 0) is 31.0 Å². The van der Waals surface area contributed by atoms with Gasteiger partial charge < -0.3 is 16.4 Å². The van der Waals surface area contributed by atoms with E-state index in [1.165, 1.54) is 0 Å². The molecular formula is C12H21N3. The van der Waals surface area contributed by atoms with Crippen molar-refractivity contribution in [2.75, 3.05) is 29.5 Å². The van der Waals surface area contributed by atoms with Gasteiger partial charge in [0.1, 0.15) is 0 Å². The maximum atomic E-state index is 5.82. The van der Waals surface area contributed by atoms with Gasteiger partial charge in [-0.1, -0.05) is 13.8 Å². The van der Waals surface area contributed by atoms with Crippen LogP contribution in [0, 0.1) is 0 Å². The van der Waals surface area contributed by atoms with Crippen LogP contribution < -0.4 is 16.4 Å². The van der Waals surface area contributed by atoms with Crippen molar-refractivity contribution >= 4 is 17.1 Å². The summed E-state index contributed by atoms with van der Waals surface area (Å²) in [4.78, 5) is 0. The first kappa shape index (κ1) is 11.7. The molecule has 0 heterocycles. The van der Waals surface area contributed by atoms with Crippen LogP contribution in [0.2, 0.25) is 0 Å². The highest BCUT2D eigenvalue weighted by atomic mass is 14.9. The third kappa shape index (κ3) is 4.11. The monoisotopic (exact) mass is 207 g/mol. The smallest absolute Gasteiger partial charge is 0.0381 e. The first-order valence-corrected chi connectivity index (χ1v) is 5.64. The van der Waals surface area contributed by atoms with Crippen LogP contribution in [0.5, 0.6) is 0 Å². The minimum Gasteiger partial charge on any atom is -0.399 e. The van der Waals surface area contributed by atoms with E-state index in [1.807, 2.05) is 12.1 Å². The zero-order chi connectivity index (χ0) is 11.1. The van der Waals surface area contributed by atoms with Crippen molar-refractivity contribution in [3.05, 3.63) is 18.2 Å². The Morgan fingerprint density at radius 1 is 0.933 bits per heavy atom. The van der Waals surface area contributed by atoms with E-state index in [9.17, 15) is 0 Å². The lowest BCUT2D eigenvalue weighted by molar-refractivity contribution is 0.974. The summed E-state index contributed by atoms with van der Waals surface area (Å²) in [6.07, 6.45) is 2.24. The minimum absolute atomic E-state index is 0.801. The SMILES string of the molecule is CCCNc1cc(N)cc(NCCC)c1. The number of nitrogen functional groups attached to an aromatic ring is 1. The molecule has 0 amide bonds. The molecule has 0 aliphatic heterocycles. The van der Waals surface area contributed by atoms with E-state index in [4.69, 9.17) is 5.73 Å². The summed E-state index contributed by atoms with van der Waals surface area (Å²) in [6.45, 7) is 6.26. The first-order valence-electron chi connectivity index (χ1n) is 5.64. The van der Waals surface area contributed by atoms with Gasteiger partial charge in [-0.15, -0.1) is 0 Å². The molecule has 15 heavy (non-hydrogen) atoms. The average molecular weight is 207 g/mol. The highest BCUT2D eigenvalue weighted by molar-refractivity contribution is 5.65. The second-order valence-electron chi connectivity index (χ2n) is 3.70. The molecule has 0 spiro atoms. The lowest BCUT2D eigenvalue weighted by Crippen LogP contribution is -2.04. The summed E-state index contributed by atoms with van der Waals surface area (Å²) in [5.74, 6) is 0. The van der Waals surface area contributed by atoms with Crippen LogP contribution in [0.4, 0.5) is 17.1 Å². The van der Waals surface area contributed by atoms with Crippen LogP contribution >= 0.6 is 0 Å². The summed E-state index contributed by atoms with van der Waals surface area (Å²) in [5.41, 5.74) is 8.81. The van der Waals surface area contributed by atoms with Crippen molar-refractivity contribution in [2.45, 2.75) is 26.7 Å². The van der Waals surface area contributed by atoms with E-state index in [2.05, 4.69) is 30.5 Å².